The van der Waals surface area contributed by atoms with E-state index in [9.17, 15) is 9.59 Å². The van der Waals surface area contributed by atoms with Crippen LogP contribution in [0, 0.1) is 0 Å². The van der Waals surface area contributed by atoms with Gasteiger partial charge in [0.1, 0.15) is 6.04 Å². The molecule has 5 nitrogen and oxygen atoms in total. The van der Waals surface area contributed by atoms with Gasteiger partial charge in [0, 0.05) is 20.6 Å². The van der Waals surface area contributed by atoms with Crippen molar-refractivity contribution < 1.29 is 14.3 Å². The van der Waals surface area contributed by atoms with Crippen LogP contribution < -0.4 is 5.32 Å². The first-order valence-corrected chi connectivity index (χ1v) is 10.1. The molecule has 1 N–H and O–H groups in total. The topological polar surface area (TPSA) is 58.6 Å². The Labute approximate surface area is 177 Å². The SMILES string of the molecule is COCC(C(=O)NCc1ccccc1)N(C(C)=O)[C@@H](C)c1cccc2ccccc12. The van der Waals surface area contributed by atoms with Crippen LogP contribution in [-0.2, 0) is 20.9 Å². The largest absolute Gasteiger partial charge is 0.382 e. The van der Waals surface area contributed by atoms with Gasteiger partial charge in [0.2, 0.25) is 11.8 Å². The Hall–Kier alpha value is -3.18. The minimum Gasteiger partial charge on any atom is -0.382 e. The van der Waals surface area contributed by atoms with E-state index in [1.165, 1.54) is 6.92 Å². The molecule has 156 valence electrons. The summed E-state index contributed by atoms with van der Waals surface area (Å²) < 4.78 is 5.33. The molecule has 0 spiro atoms. The molecule has 3 aromatic rings. The van der Waals surface area contributed by atoms with Gasteiger partial charge >= 0.3 is 0 Å². The van der Waals surface area contributed by atoms with Gasteiger partial charge in [0.15, 0.2) is 0 Å². The smallest absolute Gasteiger partial charge is 0.245 e. The van der Waals surface area contributed by atoms with Gasteiger partial charge in [0.25, 0.3) is 0 Å². The van der Waals surface area contributed by atoms with Gasteiger partial charge in [0.05, 0.1) is 12.6 Å². The molecule has 30 heavy (non-hydrogen) atoms. The van der Waals surface area contributed by atoms with E-state index in [4.69, 9.17) is 4.74 Å². The second-order valence-electron chi connectivity index (χ2n) is 7.35. The molecule has 2 amide bonds. The van der Waals surface area contributed by atoms with Gasteiger partial charge in [-0.15, -0.1) is 0 Å². The van der Waals surface area contributed by atoms with Gasteiger partial charge in [-0.1, -0.05) is 72.8 Å². The first-order valence-electron chi connectivity index (χ1n) is 10.1. The molecule has 5 heteroatoms. The number of methoxy groups -OCH3 is 1. The summed E-state index contributed by atoms with van der Waals surface area (Å²) >= 11 is 0. The number of carbonyl (C=O) groups excluding carboxylic acids is 2. The average molecular weight is 405 g/mol. The van der Waals surface area contributed by atoms with Gasteiger partial charge in [-0.05, 0) is 28.8 Å². The summed E-state index contributed by atoms with van der Waals surface area (Å²) in [5, 5.41) is 5.12. The molecule has 0 aliphatic carbocycles. The van der Waals surface area contributed by atoms with Crippen LogP contribution in [0.1, 0.15) is 31.0 Å². The molecule has 0 aliphatic heterocycles. The van der Waals surface area contributed by atoms with Crippen LogP contribution in [-0.4, -0.2) is 36.5 Å². The number of benzene rings is 3. The van der Waals surface area contributed by atoms with Crippen molar-refractivity contribution in [1.82, 2.24) is 10.2 Å². The standard InChI is InChI=1S/C25H28N2O3/c1-18(22-15-9-13-21-12-7-8-14-23(21)22)27(19(2)28)24(17-30-3)25(29)26-16-20-10-5-4-6-11-20/h4-15,18,24H,16-17H2,1-3H3,(H,26,29)/t18-,24?/m0/s1. The molecule has 0 heterocycles. The van der Waals surface area contributed by atoms with E-state index < -0.39 is 6.04 Å². The van der Waals surface area contributed by atoms with Crippen molar-refractivity contribution in [2.24, 2.45) is 0 Å². The summed E-state index contributed by atoms with van der Waals surface area (Å²) in [5.74, 6) is -0.407. The molecule has 1 unspecified atom stereocenters. The van der Waals surface area contributed by atoms with E-state index in [1.54, 1.807) is 12.0 Å². The van der Waals surface area contributed by atoms with Crippen LogP contribution >= 0.6 is 0 Å². The summed E-state index contributed by atoms with van der Waals surface area (Å²) in [6.07, 6.45) is 0. The van der Waals surface area contributed by atoms with Crippen molar-refractivity contribution >= 4 is 22.6 Å². The first kappa shape index (κ1) is 21.5. The second kappa shape index (κ2) is 10.0. The molecule has 3 rings (SSSR count). The molecule has 3 aromatic carbocycles. The van der Waals surface area contributed by atoms with Crippen molar-refractivity contribution in [3.05, 3.63) is 83.9 Å². The van der Waals surface area contributed by atoms with E-state index in [2.05, 4.69) is 5.32 Å². The Bertz CT molecular complexity index is 998. The van der Waals surface area contributed by atoms with Crippen molar-refractivity contribution in [2.45, 2.75) is 32.5 Å². The van der Waals surface area contributed by atoms with Gasteiger partial charge < -0.3 is 15.0 Å². The van der Waals surface area contributed by atoms with E-state index >= 15 is 0 Å². The Morgan fingerprint density at radius 2 is 1.63 bits per heavy atom. The lowest BCUT2D eigenvalue weighted by Crippen LogP contribution is -2.52. The molecule has 0 aliphatic rings. The fourth-order valence-electron chi connectivity index (χ4n) is 3.87. The van der Waals surface area contributed by atoms with Crippen molar-refractivity contribution in [3.8, 4) is 0 Å². The predicted molar refractivity (Wildman–Crippen MR) is 119 cm³/mol. The zero-order chi connectivity index (χ0) is 21.5. The quantitative estimate of drug-likeness (QED) is 0.615. The van der Waals surface area contributed by atoms with E-state index in [1.807, 2.05) is 79.7 Å². The average Bonchev–Trinajstić information content (AvgIpc) is 2.77. The highest BCUT2D eigenvalue weighted by Crippen LogP contribution is 2.29. The maximum Gasteiger partial charge on any atom is 0.245 e. The highest BCUT2D eigenvalue weighted by Gasteiger charge is 2.32. The van der Waals surface area contributed by atoms with Gasteiger partial charge in [-0.2, -0.15) is 0 Å². The van der Waals surface area contributed by atoms with Crippen LogP contribution in [0.4, 0.5) is 0 Å². The number of hydrogen-bond donors (Lipinski definition) is 1. The van der Waals surface area contributed by atoms with E-state index in [0.717, 1.165) is 21.9 Å². The summed E-state index contributed by atoms with van der Waals surface area (Å²) in [5.41, 5.74) is 2.00. The van der Waals surface area contributed by atoms with Gasteiger partial charge in [-0.3, -0.25) is 9.59 Å². The second-order valence-corrected chi connectivity index (χ2v) is 7.35. The number of rotatable bonds is 8. The monoisotopic (exact) mass is 404 g/mol. The lowest BCUT2D eigenvalue weighted by atomic mass is 9.97. The van der Waals surface area contributed by atoms with E-state index in [-0.39, 0.29) is 24.5 Å². The van der Waals surface area contributed by atoms with Crippen LogP contribution in [0.3, 0.4) is 0 Å². The molecule has 2 atom stereocenters. The molecular formula is C25H28N2O3. The zero-order valence-electron chi connectivity index (χ0n) is 17.7. The maximum absolute atomic E-state index is 13.1. The summed E-state index contributed by atoms with van der Waals surface area (Å²) in [6.45, 7) is 3.97. The van der Waals surface area contributed by atoms with Crippen LogP contribution in [0.5, 0.6) is 0 Å². The molecular weight excluding hydrogens is 376 g/mol. The van der Waals surface area contributed by atoms with Gasteiger partial charge in [-0.25, -0.2) is 0 Å². The number of fused-ring (bicyclic) bond motifs is 1. The third-order valence-corrected chi connectivity index (χ3v) is 5.33. The third-order valence-electron chi connectivity index (χ3n) is 5.33. The normalized spacial score (nSPS) is 12.9. The molecule has 0 saturated carbocycles. The Morgan fingerprint density at radius 1 is 0.967 bits per heavy atom. The Morgan fingerprint density at radius 3 is 2.33 bits per heavy atom. The summed E-state index contributed by atoms with van der Waals surface area (Å²) in [7, 11) is 1.54. The molecule has 0 bridgehead atoms. The van der Waals surface area contributed by atoms with Crippen molar-refractivity contribution in [3.63, 3.8) is 0 Å². The van der Waals surface area contributed by atoms with Crippen LogP contribution in [0.15, 0.2) is 72.8 Å². The Balaban J connectivity index is 1.88. The van der Waals surface area contributed by atoms with E-state index in [0.29, 0.717) is 6.54 Å². The fourth-order valence-corrected chi connectivity index (χ4v) is 3.87. The van der Waals surface area contributed by atoms with Crippen LogP contribution in [0.25, 0.3) is 10.8 Å². The first-order chi connectivity index (χ1) is 14.5. The molecule has 0 radical (unpaired) electrons. The highest BCUT2D eigenvalue weighted by molar-refractivity contribution is 5.89. The fraction of sp³-hybridized carbons (Fsp3) is 0.280. The van der Waals surface area contributed by atoms with Crippen molar-refractivity contribution in [1.29, 1.82) is 0 Å². The number of nitrogens with one attached hydrogen (secondary N) is 1. The zero-order valence-corrected chi connectivity index (χ0v) is 17.7. The van der Waals surface area contributed by atoms with Crippen molar-refractivity contribution in [2.75, 3.05) is 13.7 Å². The lowest BCUT2D eigenvalue weighted by Gasteiger charge is -2.35. The Kier molecular flexibility index (Phi) is 7.20. The number of nitrogens with zero attached hydrogens (tertiary/aromatic N) is 1. The number of ether oxygens (including phenoxy) is 1. The lowest BCUT2D eigenvalue weighted by molar-refractivity contribution is -0.143. The minimum atomic E-state index is -0.731. The highest BCUT2D eigenvalue weighted by atomic mass is 16.5. The number of hydrogen-bond acceptors (Lipinski definition) is 3. The maximum atomic E-state index is 13.1. The predicted octanol–water partition coefficient (Wildman–Crippen LogP) is 4.08. The molecule has 0 saturated heterocycles. The summed E-state index contributed by atoms with van der Waals surface area (Å²) in [4.78, 5) is 27.4. The third kappa shape index (κ3) is 4.86. The summed E-state index contributed by atoms with van der Waals surface area (Å²) in [6, 6.07) is 22.8. The minimum absolute atomic E-state index is 0.120. The number of carbonyl (C=O) groups is 2. The number of amides is 2. The molecule has 0 fully saturated rings. The van der Waals surface area contributed by atoms with Crippen LogP contribution in [0.2, 0.25) is 0 Å². The molecule has 0 aromatic heterocycles.